The molecule has 0 unspecified atom stereocenters. The molecule has 3 rings (SSSR count). The van der Waals surface area contributed by atoms with Crippen LogP contribution in [-0.2, 0) is 0 Å². The lowest BCUT2D eigenvalue weighted by molar-refractivity contribution is 0.0935. The first-order valence-corrected chi connectivity index (χ1v) is 7.58. The van der Waals surface area contributed by atoms with Crippen LogP contribution >= 0.6 is 0 Å². The van der Waals surface area contributed by atoms with Crippen LogP contribution < -0.4 is 5.32 Å². The van der Waals surface area contributed by atoms with Gasteiger partial charge in [0.15, 0.2) is 5.76 Å². The summed E-state index contributed by atoms with van der Waals surface area (Å²) in [6, 6.07) is 15.1. The van der Waals surface area contributed by atoms with Gasteiger partial charge in [-0.2, -0.15) is 5.10 Å². The molecule has 1 amide bonds. The number of aromatic nitrogens is 2. The van der Waals surface area contributed by atoms with Crippen LogP contribution in [0.3, 0.4) is 0 Å². The molecule has 0 fully saturated rings. The topological polar surface area (TPSA) is 60.1 Å². The molecule has 3 aromatic rings. The van der Waals surface area contributed by atoms with Crippen molar-refractivity contribution >= 4 is 5.91 Å². The van der Waals surface area contributed by atoms with Gasteiger partial charge in [0.1, 0.15) is 17.1 Å². The monoisotopic (exact) mass is 309 g/mol. The Balaban J connectivity index is 2.08. The van der Waals surface area contributed by atoms with Crippen molar-refractivity contribution in [3.8, 4) is 17.1 Å². The molecule has 0 saturated carbocycles. The predicted octanol–water partition coefficient (Wildman–Crippen LogP) is 3.58. The molecule has 0 aliphatic carbocycles. The highest BCUT2D eigenvalue weighted by atomic mass is 16.3. The molecule has 2 aromatic heterocycles. The summed E-state index contributed by atoms with van der Waals surface area (Å²) in [4.78, 5) is 12.5. The molecule has 5 heteroatoms. The lowest BCUT2D eigenvalue weighted by atomic mass is 10.2. The summed E-state index contributed by atoms with van der Waals surface area (Å²) in [6.45, 7) is 5.74. The van der Waals surface area contributed by atoms with Crippen LogP contribution in [0.4, 0.5) is 0 Å². The Kier molecular flexibility index (Phi) is 4.02. The van der Waals surface area contributed by atoms with Crippen molar-refractivity contribution in [1.82, 2.24) is 15.1 Å². The third-order valence-corrected chi connectivity index (χ3v) is 3.36. The van der Waals surface area contributed by atoms with Crippen LogP contribution in [-0.4, -0.2) is 21.7 Å². The first-order chi connectivity index (χ1) is 11.0. The molecule has 0 atom stereocenters. The Labute approximate surface area is 134 Å². The van der Waals surface area contributed by atoms with Crippen LogP contribution in [0.1, 0.15) is 30.1 Å². The highest BCUT2D eigenvalue weighted by molar-refractivity contribution is 5.94. The number of carbonyl (C=O) groups excluding carboxylic acids is 1. The zero-order valence-corrected chi connectivity index (χ0v) is 13.4. The van der Waals surface area contributed by atoms with E-state index in [1.54, 1.807) is 10.7 Å². The standard InChI is InChI=1S/C18H19N3O2/c1-12(2)19-18(22)16-11-15(17-10-9-13(3)23-17)20-21(16)14-7-5-4-6-8-14/h4-12H,1-3H3,(H,19,22). The number of benzene rings is 1. The van der Waals surface area contributed by atoms with E-state index in [0.717, 1.165) is 11.4 Å². The van der Waals surface area contributed by atoms with E-state index in [1.165, 1.54) is 0 Å². The fourth-order valence-corrected chi connectivity index (χ4v) is 2.34. The van der Waals surface area contributed by atoms with E-state index < -0.39 is 0 Å². The van der Waals surface area contributed by atoms with Crippen molar-refractivity contribution in [2.24, 2.45) is 0 Å². The van der Waals surface area contributed by atoms with Gasteiger partial charge in [-0.3, -0.25) is 4.79 Å². The number of aryl methyl sites for hydroxylation is 1. The van der Waals surface area contributed by atoms with Gasteiger partial charge in [0.2, 0.25) is 0 Å². The normalized spacial score (nSPS) is 11.0. The van der Waals surface area contributed by atoms with Gasteiger partial charge in [0.05, 0.1) is 5.69 Å². The Hall–Kier alpha value is -2.82. The van der Waals surface area contributed by atoms with E-state index in [9.17, 15) is 4.79 Å². The van der Waals surface area contributed by atoms with Crippen molar-refractivity contribution in [1.29, 1.82) is 0 Å². The maximum atomic E-state index is 12.5. The van der Waals surface area contributed by atoms with Gasteiger partial charge in [-0.25, -0.2) is 4.68 Å². The van der Waals surface area contributed by atoms with Crippen molar-refractivity contribution in [2.45, 2.75) is 26.8 Å². The summed E-state index contributed by atoms with van der Waals surface area (Å²) in [5, 5.41) is 7.46. The highest BCUT2D eigenvalue weighted by Crippen LogP contribution is 2.23. The lowest BCUT2D eigenvalue weighted by Crippen LogP contribution is -2.31. The number of nitrogens with one attached hydrogen (secondary N) is 1. The molecule has 0 saturated heterocycles. The van der Waals surface area contributed by atoms with Gasteiger partial charge >= 0.3 is 0 Å². The predicted molar refractivity (Wildman–Crippen MR) is 88.6 cm³/mol. The second kappa shape index (κ2) is 6.12. The van der Waals surface area contributed by atoms with Gasteiger partial charge in [0, 0.05) is 12.1 Å². The fraction of sp³-hybridized carbons (Fsp3) is 0.222. The molecule has 5 nitrogen and oxygen atoms in total. The second-order valence-corrected chi connectivity index (χ2v) is 5.70. The number of hydrogen-bond acceptors (Lipinski definition) is 3. The molecule has 0 spiro atoms. The number of hydrogen-bond donors (Lipinski definition) is 1. The number of amides is 1. The summed E-state index contributed by atoms with van der Waals surface area (Å²) >= 11 is 0. The molecule has 118 valence electrons. The lowest BCUT2D eigenvalue weighted by Gasteiger charge is -2.10. The molecule has 23 heavy (non-hydrogen) atoms. The van der Waals surface area contributed by atoms with E-state index in [1.807, 2.05) is 63.2 Å². The van der Waals surface area contributed by atoms with Crippen molar-refractivity contribution in [3.63, 3.8) is 0 Å². The summed E-state index contributed by atoms with van der Waals surface area (Å²) in [5.41, 5.74) is 1.95. The number of furan rings is 1. The third-order valence-electron chi connectivity index (χ3n) is 3.36. The van der Waals surface area contributed by atoms with Gasteiger partial charge in [-0.15, -0.1) is 0 Å². The number of carbonyl (C=O) groups is 1. The van der Waals surface area contributed by atoms with Crippen LogP contribution in [0.5, 0.6) is 0 Å². The maximum Gasteiger partial charge on any atom is 0.270 e. The number of rotatable bonds is 4. The molecule has 0 aliphatic heterocycles. The molecular weight excluding hydrogens is 290 g/mol. The molecule has 1 N–H and O–H groups in total. The molecule has 1 aromatic carbocycles. The molecule has 0 radical (unpaired) electrons. The van der Waals surface area contributed by atoms with Crippen molar-refractivity contribution in [2.75, 3.05) is 0 Å². The van der Waals surface area contributed by atoms with Gasteiger partial charge in [-0.1, -0.05) is 18.2 Å². The zero-order chi connectivity index (χ0) is 16.4. The largest absolute Gasteiger partial charge is 0.460 e. The quantitative estimate of drug-likeness (QED) is 0.801. The summed E-state index contributed by atoms with van der Waals surface area (Å²) < 4.78 is 7.27. The minimum absolute atomic E-state index is 0.0518. The van der Waals surface area contributed by atoms with E-state index in [2.05, 4.69) is 10.4 Å². The Morgan fingerprint density at radius 3 is 2.52 bits per heavy atom. The summed E-state index contributed by atoms with van der Waals surface area (Å²) in [5.74, 6) is 1.30. The number of nitrogens with zero attached hydrogens (tertiary/aromatic N) is 2. The Bertz CT molecular complexity index is 816. The van der Waals surface area contributed by atoms with E-state index in [4.69, 9.17) is 4.42 Å². The van der Waals surface area contributed by atoms with E-state index >= 15 is 0 Å². The first kappa shape index (κ1) is 15.1. The minimum Gasteiger partial charge on any atom is -0.460 e. The molecule has 0 aliphatic rings. The first-order valence-electron chi connectivity index (χ1n) is 7.58. The fourth-order valence-electron chi connectivity index (χ4n) is 2.34. The van der Waals surface area contributed by atoms with Crippen LogP contribution in [0.15, 0.2) is 52.9 Å². The maximum absolute atomic E-state index is 12.5. The van der Waals surface area contributed by atoms with Gasteiger partial charge < -0.3 is 9.73 Å². The van der Waals surface area contributed by atoms with Crippen LogP contribution in [0, 0.1) is 6.92 Å². The van der Waals surface area contributed by atoms with Crippen molar-refractivity contribution < 1.29 is 9.21 Å². The SMILES string of the molecule is Cc1ccc(-c2cc(C(=O)NC(C)C)n(-c3ccccc3)n2)o1. The van der Waals surface area contributed by atoms with E-state index in [-0.39, 0.29) is 11.9 Å². The summed E-state index contributed by atoms with van der Waals surface area (Å²) in [6.07, 6.45) is 0. The molecular formula is C18H19N3O2. The van der Waals surface area contributed by atoms with Gasteiger partial charge in [-0.05, 0) is 45.0 Å². The van der Waals surface area contributed by atoms with Crippen LogP contribution in [0.2, 0.25) is 0 Å². The average Bonchev–Trinajstić information content (AvgIpc) is 3.13. The Morgan fingerprint density at radius 1 is 1.17 bits per heavy atom. The zero-order valence-electron chi connectivity index (χ0n) is 13.4. The van der Waals surface area contributed by atoms with E-state index in [0.29, 0.717) is 17.1 Å². The minimum atomic E-state index is -0.161. The smallest absolute Gasteiger partial charge is 0.270 e. The second-order valence-electron chi connectivity index (χ2n) is 5.70. The Morgan fingerprint density at radius 2 is 1.91 bits per heavy atom. The third kappa shape index (κ3) is 3.18. The van der Waals surface area contributed by atoms with Crippen molar-refractivity contribution in [3.05, 3.63) is 60.0 Å². The average molecular weight is 309 g/mol. The van der Waals surface area contributed by atoms with Gasteiger partial charge in [0.25, 0.3) is 5.91 Å². The highest BCUT2D eigenvalue weighted by Gasteiger charge is 2.19. The summed E-state index contributed by atoms with van der Waals surface area (Å²) in [7, 11) is 0. The number of para-hydroxylation sites is 1. The van der Waals surface area contributed by atoms with Crippen LogP contribution in [0.25, 0.3) is 17.1 Å². The molecule has 0 bridgehead atoms. The molecule has 2 heterocycles.